The zero-order valence-corrected chi connectivity index (χ0v) is 5.42. The maximum atomic E-state index is 8.91. The van der Waals surface area contributed by atoms with Crippen LogP contribution in [0, 0.1) is 0 Å². The molecule has 0 aliphatic carbocycles. The average Bonchev–Trinajstić information content (AvgIpc) is 2.18. The highest BCUT2D eigenvalue weighted by atomic mass is 16.5. The molecule has 0 saturated carbocycles. The number of aryl methyl sites for hydroxylation is 1. The van der Waals surface area contributed by atoms with Gasteiger partial charge in [0.05, 0.1) is 6.26 Å². The molecular weight excluding hydrogens is 116 g/mol. The van der Waals surface area contributed by atoms with Crippen LogP contribution in [0.2, 0.25) is 0 Å². The Kier molecular flexibility index (Phi) is 1.78. The van der Waals surface area contributed by atoms with Crippen LogP contribution in [0.1, 0.15) is 18.9 Å². The highest BCUT2D eigenvalue weighted by molar-refractivity contribution is 5.20. The van der Waals surface area contributed by atoms with Gasteiger partial charge in [0.2, 0.25) is 0 Å². The Hall–Kier alpha value is -0.920. The lowest BCUT2D eigenvalue weighted by Crippen LogP contribution is -1.76. The van der Waals surface area contributed by atoms with Gasteiger partial charge in [0.25, 0.3) is 5.95 Å². The molecule has 0 aromatic carbocycles. The Bertz CT molecular complexity index is 179. The predicted octanol–water partition coefficient (Wildman–Crippen LogP) is 1.94. The first-order valence-electron chi connectivity index (χ1n) is 3.10. The van der Waals surface area contributed by atoms with Crippen LogP contribution < -0.4 is 0 Å². The van der Waals surface area contributed by atoms with E-state index in [1.807, 2.05) is 0 Å². The molecule has 0 spiro atoms. The molecule has 1 aromatic rings. The molecule has 1 rings (SSSR count). The average molecular weight is 126 g/mol. The molecule has 0 aliphatic rings. The minimum Gasteiger partial charge on any atom is -0.481 e. The van der Waals surface area contributed by atoms with Gasteiger partial charge in [-0.05, 0) is 12.5 Å². The van der Waals surface area contributed by atoms with E-state index in [1.165, 1.54) is 6.26 Å². The van der Waals surface area contributed by atoms with Crippen LogP contribution in [-0.4, -0.2) is 5.11 Å². The topological polar surface area (TPSA) is 33.4 Å². The molecule has 2 heteroatoms. The summed E-state index contributed by atoms with van der Waals surface area (Å²) in [6.45, 7) is 2.06. The van der Waals surface area contributed by atoms with Crippen LogP contribution in [0.15, 0.2) is 16.7 Å². The molecule has 2 nitrogen and oxygen atoms in total. The monoisotopic (exact) mass is 126 g/mol. The van der Waals surface area contributed by atoms with E-state index in [1.54, 1.807) is 6.07 Å². The molecule has 0 atom stereocenters. The summed E-state index contributed by atoms with van der Waals surface area (Å²) in [6, 6.07) is 1.79. The predicted molar refractivity (Wildman–Crippen MR) is 34.4 cm³/mol. The lowest BCUT2D eigenvalue weighted by atomic mass is 10.2. The number of aromatic hydroxyl groups is 1. The van der Waals surface area contributed by atoms with E-state index in [2.05, 4.69) is 11.3 Å². The number of hydrogen-bond acceptors (Lipinski definition) is 2. The maximum Gasteiger partial charge on any atom is 0.285 e. The Morgan fingerprint density at radius 3 is 2.89 bits per heavy atom. The first-order valence-corrected chi connectivity index (χ1v) is 3.10. The van der Waals surface area contributed by atoms with Crippen molar-refractivity contribution in [3.05, 3.63) is 17.9 Å². The number of rotatable bonds is 2. The largest absolute Gasteiger partial charge is 0.481 e. The van der Waals surface area contributed by atoms with Gasteiger partial charge in [-0.3, -0.25) is 0 Å². The van der Waals surface area contributed by atoms with E-state index in [0.29, 0.717) is 0 Å². The third-order valence-electron chi connectivity index (χ3n) is 1.24. The lowest BCUT2D eigenvalue weighted by molar-refractivity contribution is 0.328. The second-order valence-electron chi connectivity index (χ2n) is 2.00. The Labute approximate surface area is 54.1 Å². The summed E-state index contributed by atoms with van der Waals surface area (Å²) in [7, 11) is 0. The first-order chi connectivity index (χ1) is 4.34. The third-order valence-corrected chi connectivity index (χ3v) is 1.24. The van der Waals surface area contributed by atoms with Gasteiger partial charge in [0.15, 0.2) is 0 Å². The lowest BCUT2D eigenvalue weighted by Gasteiger charge is -1.89. The van der Waals surface area contributed by atoms with Gasteiger partial charge in [0, 0.05) is 5.56 Å². The van der Waals surface area contributed by atoms with Crippen LogP contribution in [0.3, 0.4) is 0 Å². The van der Waals surface area contributed by atoms with Crippen LogP contribution in [0.5, 0.6) is 5.95 Å². The van der Waals surface area contributed by atoms with E-state index in [4.69, 9.17) is 5.11 Å². The smallest absolute Gasteiger partial charge is 0.285 e. The minimum atomic E-state index is 0.0665. The van der Waals surface area contributed by atoms with Crippen molar-refractivity contribution in [1.82, 2.24) is 0 Å². The van der Waals surface area contributed by atoms with E-state index >= 15 is 0 Å². The van der Waals surface area contributed by atoms with Crippen molar-refractivity contribution < 1.29 is 9.52 Å². The third kappa shape index (κ3) is 1.25. The molecule has 9 heavy (non-hydrogen) atoms. The molecule has 0 unspecified atom stereocenters. The summed E-state index contributed by atoms with van der Waals surface area (Å²) in [4.78, 5) is 0. The summed E-state index contributed by atoms with van der Waals surface area (Å²) >= 11 is 0. The molecule has 0 aliphatic heterocycles. The summed E-state index contributed by atoms with van der Waals surface area (Å²) < 4.78 is 4.67. The molecular formula is C7H10O2. The molecule has 1 N–H and O–H groups in total. The molecule has 50 valence electrons. The van der Waals surface area contributed by atoms with Gasteiger partial charge in [-0.1, -0.05) is 13.3 Å². The van der Waals surface area contributed by atoms with Gasteiger partial charge in [-0.2, -0.15) is 0 Å². The van der Waals surface area contributed by atoms with Crippen LogP contribution in [0.4, 0.5) is 0 Å². The zero-order valence-electron chi connectivity index (χ0n) is 5.42. The fourth-order valence-corrected chi connectivity index (χ4v) is 0.787. The van der Waals surface area contributed by atoms with E-state index in [9.17, 15) is 0 Å². The fourth-order valence-electron chi connectivity index (χ4n) is 0.787. The van der Waals surface area contributed by atoms with Gasteiger partial charge in [0.1, 0.15) is 0 Å². The SMILES string of the molecule is CCCc1ccoc1O. The molecule has 0 saturated heterocycles. The second kappa shape index (κ2) is 2.58. The summed E-state index contributed by atoms with van der Waals surface area (Å²) in [5, 5.41) is 8.91. The van der Waals surface area contributed by atoms with Crippen molar-refractivity contribution in [2.24, 2.45) is 0 Å². The Morgan fingerprint density at radius 2 is 2.44 bits per heavy atom. The van der Waals surface area contributed by atoms with Crippen molar-refractivity contribution in [2.45, 2.75) is 19.8 Å². The minimum absolute atomic E-state index is 0.0665. The van der Waals surface area contributed by atoms with Crippen molar-refractivity contribution >= 4 is 0 Å². The first kappa shape index (κ1) is 6.20. The second-order valence-corrected chi connectivity index (χ2v) is 2.00. The molecule has 1 aromatic heterocycles. The zero-order chi connectivity index (χ0) is 6.69. The van der Waals surface area contributed by atoms with Gasteiger partial charge in [-0.25, -0.2) is 0 Å². The van der Waals surface area contributed by atoms with Crippen LogP contribution >= 0.6 is 0 Å². The summed E-state index contributed by atoms with van der Waals surface area (Å²) in [5.74, 6) is 0.0665. The van der Waals surface area contributed by atoms with Crippen molar-refractivity contribution in [1.29, 1.82) is 0 Å². The standard InChI is InChI=1S/C7H10O2/c1-2-3-6-4-5-9-7(6)8/h4-5,8H,2-3H2,1H3. The highest BCUT2D eigenvalue weighted by Crippen LogP contribution is 2.18. The molecule has 1 heterocycles. The quantitative estimate of drug-likeness (QED) is 0.656. The summed E-state index contributed by atoms with van der Waals surface area (Å²) in [6.07, 6.45) is 3.43. The number of furan rings is 1. The molecule has 0 radical (unpaired) electrons. The van der Waals surface area contributed by atoms with E-state index in [0.717, 1.165) is 18.4 Å². The van der Waals surface area contributed by atoms with Gasteiger partial charge >= 0.3 is 0 Å². The molecule has 0 fully saturated rings. The number of hydrogen-bond donors (Lipinski definition) is 1. The van der Waals surface area contributed by atoms with Gasteiger partial charge in [-0.15, -0.1) is 0 Å². The molecule has 0 bridgehead atoms. The highest BCUT2D eigenvalue weighted by Gasteiger charge is 2.00. The van der Waals surface area contributed by atoms with Gasteiger partial charge < -0.3 is 9.52 Å². The van der Waals surface area contributed by atoms with Crippen LogP contribution in [0.25, 0.3) is 0 Å². The Balaban J connectivity index is 2.69. The van der Waals surface area contributed by atoms with E-state index < -0.39 is 0 Å². The maximum absolute atomic E-state index is 8.91. The van der Waals surface area contributed by atoms with Crippen LogP contribution in [-0.2, 0) is 6.42 Å². The fraction of sp³-hybridized carbons (Fsp3) is 0.429. The molecule has 0 amide bonds. The summed E-state index contributed by atoms with van der Waals surface area (Å²) in [5.41, 5.74) is 0.900. The normalized spacial score (nSPS) is 9.89. The van der Waals surface area contributed by atoms with E-state index in [-0.39, 0.29) is 5.95 Å². The van der Waals surface area contributed by atoms with Crippen molar-refractivity contribution in [3.63, 3.8) is 0 Å². The van der Waals surface area contributed by atoms with Crippen molar-refractivity contribution in [2.75, 3.05) is 0 Å². The Morgan fingerprint density at radius 1 is 1.67 bits per heavy atom. The van der Waals surface area contributed by atoms with Crippen molar-refractivity contribution in [3.8, 4) is 5.95 Å².